The molecule has 0 fully saturated rings. The van der Waals surface area contributed by atoms with Gasteiger partial charge in [-0.25, -0.2) is 0 Å². The maximum Gasteiger partial charge on any atom is 0.0479 e. The summed E-state index contributed by atoms with van der Waals surface area (Å²) in [5.74, 6) is 0.474. The number of halogens is 1. The SMILES string of the molecule is C=C(CCl)C(=C)SC(C)(C)C. The minimum absolute atomic E-state index is 0.200. The van der Waals surface area contributed by atoms with E-state index in [0.29, 0.717) is 5.88 Å². The Hall–Kier alpha value is 0.120. The van der Waals surface area contributed by atoms with Gasteiger partial charge in [-0.2, -0.15) is 0 Å². The largest absolute Gasteiger partial charge is 0.122 e. The fourth-order valence-corrected chi connectivity index (χ4v) is 1.71. The van der Waals surface area contributed by atoms with Crippen molar-refractivity contribution in [2.75, 3.05) is 5.88 Å². The lowest BCUT2D eigenvalue weighted by molar-refractivity contribution is 0.806. The third kappa shape index (κ3) is 5.40. The van der Waals surface area contributed by atoms with E-state index < -0.39 is 0 Å². The molecule has 0 unspecified atom stereocenters. The summed E-state index contributed by atoms with van der Waals surface area (Å²) in [6.45, 7) is 14.1. The van der Waals surface area contributed by atoms with Gasteiger partial charge in [-0.3, -0.25) is 0 Å². The van der Waals surface area contributed by atoms with E-state index in [9.17, 15) is 0 Å². The van der Waals surface area contributed by atoms with Crippen molar-refractivity contribution < 1.29 is 0 Å². The van der Waals surface area contributed by atoms with Crippen LogP contribution in [0.1, 0.15) is 20.8 Å². The lowest BCUT2D eigenvalue weighted by Crippen LogP contribution is -2.07. The van der Waals surface area contributed by atoms with E-state index in [1.54, 1.807) is 11.8 Å². The van der Waals surface area contributed by atoms with Gasteiger partial charge in [0.1, 0.15) is 0 Å². The molecule has 0 aromatic rings. The summed E-state index contributed by atoms with van der Waals surface area (Å²) in [5, 5.41) is 0. The predicted octanol–water partition coefficient (Wildman–Crippen LogP) is 3.83. The van der Waals surface area contributed by atoms with Gasteiger partial charge < -0.3 is 0 Å². The zero-order valence-corrected chi connectivity index (χ0v) is 8.98. The van der Waals surface area contributed by atoms with E-state index in [4.69, 9.17) is 11.6 Å². The second-order valence-corrected chi connectivity index (χ2v) is 5.56. The van der Waals surface area contributed by atoms with Gasteiger partial charge in [-0.1, -0.05) is 33.9 Å². The van der Waals surface area contributed by atoms with Gasteiger partial charge in [0.25, 0.3) is 0 Å². The van der Waals surface area contributed by atoms with E-state index in [-0.39, 0.29) is 4.75 Å². The summed E-state index contributed by atoms with van der Waals surface area (Å²) >= 11 is 7.31. The Bertz CT molecular complexity index is 165. The molecule has 0 aliphatic rings. The summed E-state index contributed by atoms with van der Waals surface area (Å²) in [5.41, 5.74) is 0.923. The first-order chi connectivity index (χ1) is 4.87. The van der Waals surface area contributed by atoms with E-state index in [1.165, 1.54) is 0 Å². The lowest BCUT2D eigenvalue weighted by atomic mass is 10.3. The number of hydrogen-bond donors (Lipinski definition) is 0. The Labute approximate surface area is 78.7 Å². The first-order valence-corrected chi connectivity index (χ1v) is 4.84. The Kier molecular flexibility index (Phi) is 4.27. The van der Waals surface area contributed by atoms with Crippen molar-refractivity contribution in [1.82, 2.24) is 0 Å². The number of hydrogen-bond acceptors (Lipinski definition) is 1. The van der Waals surface area contributed by atoms with E-state index >= 15 is 0 Å². The molecule has 0 radical (unpaired) electrons. The molecule has 0 saturated carbocycles. The van der Waals surface area contributed by atoms with E-state index in [1.807, 2.05) is 0 Å². The van der Waals surface area contributed by atoms with Crippen LogP contribution < -0.4 is 0 Å². The van der Waals surface area contributed by atoms with Crippen LogP contribution in [0.15, 0.2) is 23.6 Å². The van der Waals surface area contributed by atoms with Gasteiger partial charge in [0.15, 0.2) is 0 Å². The third-order valence-corrected chi connectivity index (χ3v) is 2.46. The minimum Gasteiger partial charge on any atom is -0.122 e. The summed E-state index contributed by atoms with van der Waals surface area (Å²) in [4.78, 5) is 0.993. The van der Waals surface area contributed by atoms with Crippen LogP contribution in [0.4, 0.5) is 0 Å². The number of thioether (sulfide) groups is 1. The van der Waals surface area contributed by atoms with Crippen LogP contribution in [-0.2, 0) is 0 Å². The third-order valence-electron chi connectivity index (χ3n) is 0.985. The highest BCUT2D eigenvalue weighted by Crippen LogP contribution is 2.33. The molecule has 0 atom stereocenters. The standard InChI is InChI=1S/C9H15ClS/c1-7(6-10)8(2)11-9(3,4)5/h1-2,6H2,3-5H3. The average Bonchev–Trinajstić information content (AvgIpc) is 1.82. The minimum atomic E-state index is 0.200. The highest BCUT2D eigenvalue weighted by molar-refractivity contribution is 8.04. The second-order valence-electron chi connectivity index (χ2n) is 3.37. The molecule has 0 aliphatic heterocycles. The zero-order chi connectivity index (χ0) is 9.07. The second kappa shape index (κ2) is 4.22. The molecule has 0 amide bonds. The van der Waals surface area contributed by atoms with Gasteiger partial charge in [0, 0.05) is 15.5 Å². The Balaban J connectivity index is 3.99. The number of rotatable bonds is 3. The van der Waals surface area contributed by atoms with Crippen LogP contribution >= 0.6 is 23.4 Å². The van der Waals surface area contributed by atoms with Crippen LogP contribution in [0, 0.1) is 0 Å². The Morgan fingerprint density at radius 1 is 1.36 bits per heavy atom. The van der Waals surface area contributed by atoms with Gasteiger partial charge in [-0.05, 0) is 5.57 Å². The molecule has 0 aromatic heterocycles. The van der Waals surface area contributed by atoms with Crippen LogP contribution in [-0.4, -0.2) is 10.6 Å². The van der Waals surface area contributed by atoms with Crippen LogP contribution in [0.2, 0.25) is 0 Å². The molecular weight excluding hydrogens is 176 g/mol. The first kappa shape index (κ1) is 11.1. The highest BCUT2D eigenvalue weighted by Gasteiger charge is 2.13. The fourth-order valence-electron chi connectivity index (χ4n) is 0.516. The van der Waals surface area contributed by atoms with Crippen molar-refractivity contribution >= 4 is 23.4 Å². The lowest BCUT2D eigenvalue weighted by Gasteiger charge is -2.19. The predicted molar refractivity (Wildman–Crippen MR) is 56.3 cm³/mol. The zero-order valence-electron chi connectivity index (χ0n) is 7.41. The molecular formula is C9H15ClS. The molecule has 64 valence electrons. The summed E-state index contributed by atoms with van der Waals surface area (Å²) in [6, 6.07) is 0. The van der Waals surface area contributed by atoms with Crippen molar-refractivity contribution in [3.63, 3.8) is 0 Å². The summed E-state index contributed by atoms with van der Waals surface area (Å²) < 4.78 is 0.200. The van der Waals surface area contributed by atoms with E-state index in [0.717, 1.165) is 10.5 Å². The fraction of sp³-hybridized carbons (Fsp3) is 0.556. The van der Waals surface area contributed by atoms with Crippen LogP contribution in [0.3, 0.4) is 0 Å². The van der Waals surface area contributed by atoms with Crippen molar-refractivity contribution in [2.24, 2.45) is 0 Å². The molecule has 0 N–H and O–H groups in total. The maximum atomic E-state index is 5.60. The Morgan fingerprint density at radius 3 is 2.09 bits per heavy atom. The summed E-state index contributed by atoms with van der Waals surface area (Å²) in [7, 11) is 0. The Morgan fingerprint density at radius 2 is 1.82 bits per heavy atom. The monoisotopic (exact) mass is 190 g/mol. The molecule has 0 spiro atoms. The maximum absolute atomic E-state index is 5.60. The first-order valence-electron chi connectivity index (χ1n) is 3.49. The molecule has 0 saturated heterocycles. The van der Waals surface area contributed by atoms with Crippen molar-refractivity contribution in [1.29, 1.82) is 0 Å². The van der Waals surface area contributed by atoms with Crippen LogP contribution in [0.25, 0.3) is 0 Å². The van der Waals surface area contributed by atoms with Crippen LogP contribution in [0.5, 0.6) is 0 Å². The molecule has 0 rings (SSSR count). The van der Waals surface area contributed by atoms with Gasteiger partial charge in [-0.15, -0.1) is 23.4 Å². The summed E-state index contributed by atoms with van der Waals surface area (Å²) in [6.07, 6.45) is 0. The quantitative estimate of drug-likeness (QED) is 0.482. The van der Waals surface area contributed by atoms with Gasteiger partial charge in [0.2, 0.25) is 0 Å². The molecule has 0 bridgehead atoms. The molecule has 0 heterocycles. The molecule has 0 aliphatic carbocycles. The van der Waals surface area contributed by atoms with Crippen molar-refractivity contribution in [3.8, 4) is 0 Å². The number of alkyl halides is 1. The molecule has 0 nitrogen and oxygen atoms in total. The van der Waals surface area contributed by atoms with Crippen molar-refractivity contribution in [3.05, 3.63) is 23.6 Å². The van der Waals surface area contributed by atoms with Gasteiger partial charge in [0.05, 0.1) is 0 Å². The molecule has 0 aromatic carbocycles. The highest BCUT2D eigenvalue weighted by atomic mass is 35.5. The van der Waals surface area contributed by atoms with Crippen molar-refractivity contribution in [2.45, 2.75) is 25.5 Å². The average molecular weight is 191 g/mol. The van der Waals surface area contributed by atoms with E-state index in [2.05, 4.69) is 33.9 Å². The molecule has 2 heteroatoms. The smallest absolute Gasteiger partial charge is 0.0479 e. The van der Waals surface area contributed by atoms with Gasteiger partial charge >= 0.3 is 0 Å². The molecule has 11 heavy (non-hydrogen) atoms. The number of allylic oxidation sites excluding steroid dienone is 1. The normalized spacial score (nSPS) is 11.3. The topological polar surface area (TPSA) is 0 Å².